The number of hydrogen-bond acceptors (Lipinski definition) is 2. The molecule has 0 atom stereocenters. The molecule has 2 aromatic carbocycles. The largest absolute Gasteiger partial charge is 0.399 e. The van der Waals surface area contributed by atoms with Gasteiger partial charge in [-0.25, -0.2) is 4.98 Å². The monoisotopic (exact) mass is 301 g/mol. The third kappa shape index (κ3) is 1.88. The Labute approximate surface area is 113 Å². The molecule has 3 N–H and O–H groups in total. The molecule has 1 heterocycles. The van der Waals surface area contributed by atoms with Crippen LogP contribution in [0, 0.1) is 6.92 Å². The van der Waals surface area contributed by atoms with Crippen LogP contribution >= 0.6 is 15.9 Å². The van der Waals surface area contributed by atoms with Gasteiger partial charge in [-0.3, -0.25) is 0 Å². The normalized spacial score (nSPS) is 11.0. The van der Waals surface area contributed by atoms with Gasteiger partial charge in [-0.2, -0.15) is 0 Å². The van der Waals surface area contributed by atoms with Crippen LogP contribution in [0.4, 0.5) is 5.69 Å². The van der Waals surface area contributed by atoms with Crippen LogP contribution in [0.2, 0.25) is 0 Å². The van der Waals surface area contributed by atoms with Crippen molar-refractivity contribution < 1.29 is 0 Å². The zero-order valence-electron chi connectivity index (χ0n) is 9.87. The molecule has 0 saturated heterocycles. The Hall–Kier alpha value is -1.81. The first-order chi connectivity index (χ1) is 8.63. The zero-order chi connectivity index (χ0) is 12.7. The molecule has 90 valence electrons. The van der Waals surface area contributed by atoms with Crippen LogP contribution < -0.4 is 5.73 Å². The summed E-state index contributed by atoms with van der Waals surface area (Å²) in [6, 6.07) is 11.8. The summed E-state index contributed by atoms with van der Waals surface area (Å²) in [6.07, 6.45) is 0. The standard InChI is InChI=1S/C14H12BrN3/c1-8-6-9(15)2-4-11(8)14-17-12-5-3-10(16)7-13(12)18-14/h2-7H,16H2,1H3,(H,17,18). The van der Waals surface area contributed by atoms with Gasteiger partial charge >= 0.3 is 0 Å². The number of fused-ring (bicyclic) bond motifs is 1. The molecule has 0 aliphatic heterocycles. The van der Waals surface area contributed by atoms with Crippen LogP contribution in [0.3, 0.4) is 0 Å². The molecule has 0 unspecified atom stereocenters. The van der Waals surface area contributed by atoms with E-state index in [-0.39, 0.29) is 0 Å². The number of aromatic nitrogens is 2. The van der Waals surface area contributed by atoms with Gasteiger partial charge in [0.15, 0.2) is 0 Å². The molecule has 0 radical (unpaired) electrons. The second-order valence-electron chi connectivity index (χ2n) is 4.32. The number of hydrogen-bond donors (Lipinski definition) is 2. The minimum atomic E-state index is 0.741. The maximum atomic E-state index is 5.77. The lowest BCUT2D eigenvalue weighted by molar-refractivity contribution is 1.30. The third-order valence-electron chi connectivity index (χ3n) is 2.95. The predicted octanol–water partition coefficient (Wildman–Crippen LogP) is 3.88. The molecular weight excluding hydrogens is 290 g/mol. The Morgan fingerprint density at radius 2 is 2.00 bits per heavy atom. The maximum absolute atomic E-state index is 5.77. The van der Waals surface area contributed by atoms with Crippen LogP contribution in [0.15, 0.2) is 40.9 Å². The second-order valence-corrected chi connectivity index (χ2v) is 5.24. The SMILES string of the molecule is Cc1cc(Br)ccc1-c1nc2ccc(N)cc2[nH]1. The van der Waals surface area contributed by atoms with Crippen molar-refractivity contribution >= 4 is 32.7 Å². The van der Waals surface area contributed by atoms with Crippen molar-refractivity contribution in [2.24, 2.45) is 0 Å². The van der Waals surface area contributed by atoms with Gasteiger partial charge in [0, 0.05) is 15.7 Å². The Kier molecular flexibility index (Phi) is 2.59. The first-order valence-electron chi connectivity index (χ1n) is 5.65. The highest BCUT2D eigenvalue weighted by molar-refractivity contribution is 9.10. The van der Waals surface area contributed by atoms with Gasteiger partial charge in [-0.1, -0.05) is 15.9 Å². The molecule has 4 heteroatoms. The van der Waals surface area contributed by atoms with Gasteiger partial charge in [0.25, 0.3) is 0 Å². The molecule has 0 aliphatic carbocycles. The van der Waals surface area contributed by atoms with E-state index < -0.39 is 0 Å². The molecule has 0 spiro atoms. The van der Waals surface area contributed by atoms with Crippen LogP contribution in [-0.4, -0.2) is 9.97 Å². The van der Waals surface area contributed by atoms with Crippen molar-refractivity contribution in [1.29, 1.82) is 0 Å². The third-order valence-corrected chi connectivity index (χ3v) is 3.44. The number of H-pyrrole nitrogens is 1. The van der Waals surface area contributed by atoms with Gasteiger partial charge in [-0.15, -0.1) is 0 Å². The van der Waals surface area contributed by atoms with E-state index in [1.807, 2.05) is 24.3 Å². The summed E-state index contributed by atoms with van der Waals surface area (Å²) in [5.74, 6) is 0.876. The number of rotatable bonds is 1. The number of aromatic amines is 1. The number of nitrogens with zero attached hydrogens (tertiary/aromatic N) is 1. The lowest BCUT2D eigenvalue weighted by Gasteiger charge is -2.02. The van der Waals surface area contributed by atoms with E-state index in [0.29, 0.717) is 0 Å². The van der Waals surface area contributed by atoms with Crippen LogP contribution in [0.25, 0.3) is 22.4 Å². The molecule has 3 nitrogen and oxygen atoms in total. The molecular formula is C14H12BrN3. The molecule has 3 aromatic rings. The Morgan fingerprint density at radius 3 is 2.78 bits per heavy atom. The van der Waals surface area contributed by atoms with E-state index in [1.165, 1.54) is 5.56 Å². The Bertz CT molecular complexity index is 731. The molecule has 0 saturated carbocycles. The fourth-order valence-corrected chi connectivity index (χ4v) is 2.52. The minimum Gasteiger partial charge on any atom is -0.399 e. The average molecular weight is 302 g/mol. The maximum Gasteiger partial charge on any atom is 0.138 e. The number of nitrogens with two attached hydrogens (primary N) is 1. The highest BCUT2D eigenvalue weighted by Gasteiger charge is 2.08. The quantitative estimate of drug-likeness (QED) is 0.670. The molecule has 1 aromatic heterocycles. The summed E-state index contributed by atoms with van der Waals surface area (Å²) in [5, 5.41) is 0. The van der Waals surface area contributed by atoms with Gasteiger partial charge in [0.2, 0.25) is 0 Å². The van der Waals surface area contributed by atoms with E-state index in [2.05, 4.69) is 45.0 Å². The lowest BCUT2D eigenvalue weighted by Crippen LogP contribution is -1.85. The van der Waals surface area contributed by atoms with E-state index in [4.69, 9.17) is 5.73 Å². The van der Waals surface area contributed by atoms with Crippen LogP contribution in [0.5, 0.6) is 0 Å². The summed E-state index contributed by atoms with van der Waals surface area (Å²) >= 11 is 3.47. The first kappa shape index (κ1) is 11.3. The first-order valence-corrected chi connectivity index (χ1v) is 6.44. The number of nitrogens with one attached hydrogen (secondary N) is 1. The average Bonchev–Trinajstić information content (AvgIpc) is 2.71. The van der Waals surface area contributed by atoms with Crippen LogP contribution in [-0.2, 0) is 0 Å². The highest BCUT2D eigenvalue weighted by Crippen LogP contribution is 2.26. The molecule has 3 rings (SSSR count). The number of anilines is 1. The van der Waals surface area contributed by atoms with Gasteiger partial charge < -0.3 is 10.7 Å². The van der Waals surface area contributed by atoms with Crippen LogP contribution in [0.1, 0.15) is 5.56 Å². The van der Waals surface area contributed by atoms with Crippen molar-refractivity contribution in [1.82, 2.24) is 9.97 Å². The lowest BCUT2D eigenvalue weighted by atomic mass is 10.1. The minimum absolute atomic E-state index is 0.741. The number of nitrogen functional groups attached to an aromatic ring is 1. The van der Waals surface area contributed by atoms with Gasteiger partial charge in [0.1, 0.15) is 5.82 Å². The fourth-order valence-electron chi connectivity index (χ4n) is 2.05. The molecule has 0 fully saturated rings. The van der Waals surface area contributed by atoms with E-state index in [0.717, 1.165) is 32.6 Å². The Morgan fingerprint density at radius 1 is 1.17 bits per heavy atom. The summed E-state index contributed by atoms with van der Waals surface area (Å²) in [4.78, 5) is 7.89. The van der Waals surface area contributed by atoms with E-state index in [1.54, 1.807) is 0 Å². The van der Waals surface area contributed by atoms with Crippen molar-refractivity contribution in [3.63, 3.8) is 0 Å². The summed E-state index contributed by atoms with van der Waals surface area (Å²) < 4.78 is 1.07. The van der Waals surface area contributed by atoms with Crippen molar-refractivity contribution in [2.45, 2.75) is 6.92 Å². The number of benzene rings is 2. The van der Waals surface area contributed by atoms with E-state index in [9.17, 15) is 0 Å². The van der Waals surface area contributed by atoms with Crippen molar-refractivity contribution in [3.8, 4) is 11.4 Å². The predicted molar refractivity (Wildman–Crippen MR) is 78.4 cm³/mol. The highest BCUT2D eigenvalue weighted by atomic mass is 79.9. The molecule has 0 bridgehead atoms. The van der Waals surface area contributed by atoms with Gasteiger partial charge in [0.05, 0.1) is 11.0 Å². The summed E-state index contributed by atoms with van der Waals surface area (Å²) in [5.41, 5.74) is 10.7. The number of aryl methyl sites for hydroxylation is 1. The summed E-state index contributed by atoms with van der Waals surface area (Å²) in [7, 11) is 0. The van der Waals surface area contributed by atoms with Crippen molar-refractivity contribution in [3.05, 3.63) is 46.4 Å². The second kappa shape index (κ2) is 4.14. The molecule has 18 heavy (non-hydrogen) atoms. The molecule has 0 aliphatic rings. The zero-order valence-corrected chi connectivity index (χ0v) is 11.5. The smallest absolute Gasteiger partial charge is 0.138 e. The van der Waals surface area contributed by atoms with E-state index >= 15 is 0 Å². The summed E-state index contributed by atoms with van der Waals surface area (Å²) in [6.45, 7) is 2.07. The van der Waals surface area contributed by atoms with Gasteiger partial charge in [-0.05, 0) is 48.9 Å². The van der Waals surface area contributed by atoms with Crippen molar-refractivity contribution in [2.75, 3.05) is 5.73 Å². The fraction of sp³-hybridized carbons (Fsp3) is 0.0714. The number of imidazole rings is 1. The molecule has 0 amide bonds. The number of halogens is 1. The Balaban J connectivity index is 2.19. The topological polar surface area (TPSA) is 54.7 Å².